The minimum Gasteiger partial charge on any atom is -0.497 e. The number of rotatable bonds is 4. The van der Waals surface area contributed by atoms with Gasteiger partial charge in [0.1, 0.15) is 11.6 Å². The average molecular weight is 321 g/mol. The number of fused-ring (bicyclic) bond motifs is 1. The fourth-order valence-electron chi connectivity index (χ4n) is 2.36. The first-order valence-corrected chi connectivity index (χ1v) is 7.46. The second kappa shape index (κ2) is 5.96. The topological polar surface area (TPSA) is 27.1 Å². The molecule has 0 aliphatic rings. The van der Waals surface area contributed by atoms with Gasteiger partial charge in [-0.2, -0.15) is 0 Å². The summed E-state index contributed by atoms with van der Waals surface area (Å²) in [5, 5.41) is 0.744. The van der Waals surface area contributed by atoms with Gasteiger partial charge in [0, 0.05) is 11.1 Å². The lowest BCUT2D eigenvalue weighted by molar-refractivity contribution is 0.415. The molecule has 3 aromatic rings. The van der Waals surface area contributed by atoms with E-state index in [0.29, 0.717) is 12.4 Å². The summed E-state index contributed by atoms with van der Waals surface area (Å²) in [6, 6.07) is 13.6. The van der Waals surface area contributed by atoms with Crippen molar-refractivity contribution < 1.29 is 4.74 Å². The number of benzene rings is 2. The molecule has 108 valence electrons. The van der Waals surface area contributed by atoms with Crippen molar-refractivity contribution in [1.29, 1.82) is 0 Å². The highest BCUT2D eigenvalue weighted by Crippen LogP contribution is 2.25. The predicted octanol–water partition coefficient (Wildman–Crippen LogP) is 4.49. The summed E-state index contributed by atoms with van der Waals surface area (Å²) in [5.74, 6) is 1.95. The standard InChI is InChI=1S/C16H14Cl2N2O/c1-21-12-6-7-15-14(8-12)19-16(9-17)20(15)10-11-4-2-3-5-13(11)18/h2-8H,9-10H2,1H3. The molecule has 0 radical (unpaired) electrons. The molecule has 0 fully saturated rings. The van der Waals surface area contributed by atoms with Crippen molar-refractivity contribution >= 4 is 34.2 Å². The molecular formula is C16H14Cl2N2O. The van der Waals surface area contributed by atoms with Gasteiger partial charge in [-0.3, -0.25) is 0 Å². The molecule has 0 saturated carbocycles. The van der Waals surface area contributed by atoms with E-state index in [0.717, 1.165) is 33.2 Å². The van der Waals surface area contributed by atoms with Crippen molar-refractivity contribution in [3.8, 4) is 5.75 Å². The lowest BCUT2D eigenvalue weighted by atomic mass is 10.2. The van der Waals surface area contributed by atoms with E-state index in [1.165, 1.54) is 0 Å². The van der Waals surface area contributed by atoms with E-state index >= 15 is 0 Å². The lowest BCUT2D eigenvalue weighted by Crippen LogP contribution is -2.04. The first-order valence-electron chi connectivity index (χ1n) is 6.55. The van der Waals surface area contributed by atoms with Gasteiger partial charge in [0.2, 0.25) is 0 Å². The SMILES string of the molecule is COc1ccc2c(c1)nc(CCl)n2Cc1ccccc1Cl. The molecular weight excluding hydrogens is 307 g/mol. The Kier molecular flexibility index (Phi) is 4.04. The molecule has 3 rings (SSSR count). The van der Waals surface area contributed by atoms with Crippen LogP contribution in [0.25, 0.3) is 11.0 Å². The molecule has 2 aromatic carbocycles. The highest BCUT2D eigenvalue weighted by atomic mass is 35.5. The monoisotopic (exact) mass is 320 g/mol. The maximum atomic E-state index is 6.25. The largest absolute Gasteiger partial charge is 0.497 e. The van der Waals surface area contributed by atoms with Crippen LogP contribution in [-0.2, 0) is 12.4 Å². The van der Waals surface area contributed by atoms with Crippen LogP contribution in [0.4, 0.5) is 0 Å². The maximum absolute atomic E-state index is 6.25. The third kappa shape index (κ3) is 2.71. The van der Waals surface area contributed by atoms with E-state index in [9.17, 15) is 0 Å². The number of alkyl halides is 1. The number of aromatic nitrogens is 2. The number of halogens is 2. The van der Waals surface area contributed by atoms with Crippen molar-refractivity contribution in [2.45, 2.75) is 12.4 Å². The summed E-state index contributed by atoms with van der Waals surface area (Å²) in [6.07, 6.45) is 0. The summed E-state index contributed by atoms with van der Waals surface area (Å²) in [4.78, 5) is 4.57. The zero-order valence-electron chi connectivity index (χ0n) is 11.5. The Morgan fingerprint density at radius 2 is 2.00 bits per heavy atom. The third-order valence-corrected chi connectivity index (χ3v) is 4.05. The third-order valence-electron chi connectivity index (χ3n) is 3.44. The van der Waals surface area contributed by atoms with E-state index in [2.05, 4.69) is 9.55 Å². The second-order valence-electron chi connectivity index (χ2n) is 4.69. The van der Waals surface area contributed by atoms with Crippen LogP contribution in [0.2, 0.25) is 5.02 Å². The van der Waals surface area contributed by atoms with Crippen LogP contribution >= 0.6 is 23.2 Å². The van der Waals surface area contributed by atoms with Crippen molar-refractivity contribution in [3.63, 3.8) is 0 Å². The molecule has 21 heavy (non-hydrogen) atoms. The van der Waals surface area contributed by atoms with Gasteiger partial charge in [-0.25, -0.2) is 4.98 Å². The molecule has 1 heterocycles. The Bertz CT molecular complexity index is 783. The fraction of sp³-hybridized carbons (Fsp3) is 0.188. The van der Waals surface area contributed by atoms with Crippen LogP contribution in [0, 0.1) is 0 Å². The van der Waals surface area contributed by atoms with Crippen LogP contribution in [0.5, 0.6) is 5.75 Å². The van der Waals surface area contributed by atoms with Crippen LogP contribution in [0.3, 0.4) is 0 Å². The van der Waals surface area contributed by atoms with Crippen molar-refractivity contribution in [2.24, 2.45) is 0 Å². The predicted molar refractivity (Wildman–Crippen MR) is 86.4 cm³/mol. The van der Waals surface area contributed by atoms with Crippen LogP contribution in [-0.4, -0.2) is 16.7 Å². The summed E-state index contributed by atoms with van der Waals surface area (Å²) >= 11 is 12.3. The van der Waals surface area contributed by atoms with Crippen molar-refractivity contribution in [2.75, 3.05) is 7.11 Å². The van der Waals surface area contributed by atoms with Crippen molar-refractivity contribution in [3.05, 3.63) is 58.9 Å². The van der Waals surface area contributed by atoms with Gasteiger partial charge in [-0.1, -0.05) is 29.8 Å². The summed E-state index contributed by atoms with van der Waals surface area (Å²) in [5.41, 5.74) is 2.93. The quantitative estimate of drug-likeness (QED) is 0.662. The molecule has 0 bridgehead atoms. The second-order valence-corrected chi connectivity index (χ2v) is 5.37. The van der Waals surface area contributed by atoms with E-state index < -0.39 is 0 Å². The van der Waals surface area contributed by atoms with Crippen LogP contribution in [0.1, 0.15) is 11.4 Å². The molecule has 0 spiro atoms. The molecule has 3 nitrogen and oxygen atoms in total. The molecule has 0 unspecified atom stereocenters. The normalized spacial score (nSPS) is 11.0. The molecule has 0 saturated heterocycles. The minimum atomic E-state index is 0.349. The van der Waals surface area contributed by atoms with Crippen molar-refractivity contribution in [1.82, 2.24) is 9.55 Å². The van der Waals surface area contributed by atoms with Gasteiger partial charge < -0.3 is 9.30 Å². The average Bonchev–Trinajstić information content (AvgIpc) is 2.86. The van der Waals surface area contributed by atoms with Gasteiger partial charge in [-0.05, 0) is 23.8 Å². The Morgan fingerprint density at radius 3 is 2.71 bits per heavy atom. The highest BCUT2D eigenvalue weighted by Gasteiger charge is 2.12. The molecule has 0 N–H and O–H groups in total. The smallest absolute Gasteiger partial charge is 0.125 e. The van der Waals surface area contributed by atoms with E-state index in [-0.39, 0.29) is 0 Å². The first-order chi connectivity index (χ1) is 10.2. The number of ether oxygens (including phenoxy) is 1. The van der Waals surface area contributed by atoms with Crippen LogP contribution < -0.4 is 4.74 Å². The van der Waals surface area contributed by atoms with E-state index in [1.54, 1.807) is 7.11 Å². The maximum Gasteiger partial charge on any atom is 0.125 e. The number of methoxy groups -OCH3 is 1. The van der Waals surface area contributed by atoms with Gasteiger partial charge in [0.15, 0.2) is 0 Å². The Morgan fingerprint density at radius 1 is 1.19 bits per heavy atom. The molecule has 1 aromatic heterocycles. The number of hydrogen-bond donors (Lipinski definition) is 0. The Hall–Kier alpha value is -1.71. The molecule has 0 amide bonds. The highest BCUT2D eigenvalue weighted by molar-refractivity contribution is 6.31. The minimum absolute atomic E-state index is 0.349. The Balaban J connectivity index is 2.10. The zero-order chi connectivity index (χ0) is 14.8. The summed E-state index contributed by atoms with van der Waals surface area (Å²) in [7, 11) is 1.64. The fourth-order valence-corrected chi connectivity index (χ4v) is 2.76. The first kappa shape index (κ1) is 14.2. The number of imidazole rings is 1. The molecule has 5 heteroatoms. The molecule has 0 aliphatic heterocycles. The Labute approximate surface area is 133 Å². The van der Waals surface area contributed by atoms with Gasteiger partial charge in [-0.15, -0.1) is 11.6 Å². The van der Waals surface area contributed by atoms with E-state index in [1.807, 2.05) is 42.5 Å². The van der Waals surface area contributed by atoms with Gasteiger partial charge in [0.25, 0.3) is 0 Å². The summed E-state index contributed by atoms with van der Waals surface area (Å²) < 4.78 is 7.33. The molecule has 0 atom stereocenters. The summed E-state index contributed by atoms with van der Waals surface area (Å²) in [6.45, 7) is 0.643. The van der Waals surface area contributed by atoms with Crippen LogP contribution in [0.15, 0.2) is 42.5 Å². The van der Waals surface area contributed by atoms with Gasteiger partial charge in [0.05, 0.1) is 30.6 Å². The van der Waals surface area contributed by atoms with E-state index in [4.69, 9.17) is 27.9 Å². The van der Waals surface area contributed by atoms with Gasteiger partial charge >= 0.3 is 0 Å². The molecule has 0 aliphatic carbocycles. The zero-order valence-corrected chi connectivity index (χ0v) is 13.0. The number of nitrogens with zero attached hydrogens (tertiary/aromatic N) is 2. The number of hydrogen-bond acceptors (Lipinski definition) is 2. The lowest BCUT2D eigenvalue weighted by Gasteiger charge is -2.09.